The van der Waals surface area contributed by atoms with E-state index in [-0.39, 0.29) is 5.91 Å². The lowest BCUT2D eigenvalue weighted by Gasteiger charge is -2.16. The Balaban J connectivity index is 1.67. The summed E-state index contributed by atoms with van der Waals surface area (Å²) in [6.45, 7) is 4.38. The molecule has 5 nitrogen and oxygen atoms in total. The normalized spacial score (nSPS) is 14.1. The third-order valence-corrected chi connectivity index (χ3v) is 4.35. The molecule has 1 N–H and O–H groups in total. The number of halogens is 1. The molecule has 0 spiro atoms. The number of aryl methyl sites for hydroxylation is 1. The monoisotopic (exact) mass is 374 g/mol. The van der Waals surface area contributed by atoms with Crippen LogP contribution in [0.4, 0.5) is 5.95 Å². The Morgan fingerprint density at radius 2 is 1.91 bits per heavy atom. The molecule has 1 saturated heterocycles. The van der Waals surface area contributed by atoms with Crippen LogP contribution in [-0.4, -0.2) is 29.0 Å². The lowest BCUT2D eigenvalue weighted by molar-refractivity contribution is 0.0950. The molecule has 120 valence electrons. The second-order valence-corrected chi connectivity index (χ2v) is 6.60. The molecule has 1 aromatic carbocycles. The molecular formula is C17H19BrN4O. The van der Waals surface area contributed by atoms with Crippen LogP contribution in [0.3, 0.4) is 0 Å². The molecule has 2 heterocycles. The van der Waals surface area contributed by atoms with Crippen LogP contribution in [0.2, 0.25) is 0 Å². The molecule has 1 amide bonds. The van der Waals surface area contributed by atoms with E-state index in [4.69, 9.17) is 0 Å². The van der Waals surface area contributed by atoms with Crippen molar-refractivity contribution in [2.45, 2.75) is 26.3 Å². The van der Waals surface area contributed by atoms with E-state index < -0.39 is 0 Å². The van der Waals surface area contributed by atoms with E-state index in [2.05, 4.69) is 36.1 Å². The number of aromatic nitrogens is 2. The van der Waals surface area contributed by atoms with E-state index in [1.54, 1.807) is 12.1 Å². The smallest absolute Gasteiger partial charge is 0.251 e. The number of nitrogens with zero attached hydrogens (tertiary/aromatic N) is 3. The van der Waals surface area contributed by atoms with Gasteiger partial charge in [-0.2, -0.15) is 0 Å². The first kappa shape index (κ1) is 15.9. The highest BCUT2D eigenvalue weighted by atomic mass is 79.9. The molecule has 3 rings (SSSR count). The molecule has 1 aliphatic rings. The Morgan fingerprint density at radius 1 is 1.22 bits per heavy atom. The van der Waals surface area contributed by atoms with Gasteiger partial charge < -0.3 is 10.2 Å². The Morgan fingerprint density at radius 3 is 2.61 bits per heavy atom. The van der Waals surface area contributed by atoms with Crippen LogP contribution < -0.4 is 10.2 Å². The van der Waals surface area contributed by atoms with Gasteiger partial charge in [-0.1, -0.05) is 15.9 Å². The van der Waals surface area contributed by atoms with Gasteiger partial charge in [0.05, 0.1) is 12.2 Å². The van der Waals surface area contributed by atoms with Crippen LogP contribution in [0.5, 0.6) is 0 Å². The summed E-state index contributed by atoms with van der Waals surface area (Å²) in [5.74, 6) is 0.673. The van der Waals surface area contributed by atoms with Crippen molar-refractivity contribution in [2.75, 3.05) is 18.0 Å². The van der Waals surface area contributed by atoms with E-state index in [0.29, 0.717) is 12.1 Å². The number of hydrogen-bond acceptors (Lipinski definition) is 4. The van der Waals surface area contributed by atoms with Gasteiger partial charge in [0.25, 0.3) is 5.91 Å². The quantitative estimate of drug-likeness (QED) is 0.893. The summed E-state index contributed by atoms with van der Waals surface area (Å²) in [5.41, 5.74) is 2.40. The van der Waals surface area contributed by atoms with Crippen LogP contribution in [0.15, 0.2) is 34.8 Å². The molecule has 0 aliphatic carbocycles. The van der Waals surface area contributed by atoms with Crippen LogP contribution in [0.1, 0.15) is 34.6 Å². The van der Waals surface area contributed by atoms with E-state index in [0.717, 1.165) is 34.9 Å². The van der Waals surface area contributed by atoms with Crippen molar-refractivity contribution in [3.05, 3.63) is 51.8 Å². The molecule has 1 aliphatic heterocycles. The van der Waals surface area contributed by atoms with Crippen molar-refractivity contribution >= 4 is 27.8 Å². The third kappa shape index (κ3) is 4.07. The number of anilines is 1. The van der Waals surface area contributed by atoms with Crippen molar-refractivity contribution in [1.29, 1.82) is 0 Å². The topological polar surface area (TPSA) is 58.1 Å². The van der Waals surface area contributed by atoms with Gasteiger partial charge in [0, 0.05) is 28.8 Å². The minimum absolute atomic E-state index is 0.100. The molecular weight excluding hydrogens is 356 g/mol. The van der Waals surface area contributed by atoms with Gasteiger partial charge in [-0.3, -0.25) is 4.79 Å². The van der Waals surface area contributed by atoms with Gasteiger partial charge >= 0.3 is 0 Å². The maximum atomic E-state index is 12.2. The van der Waals surface area contributed by atoms with Crippen LogP contribution >= 0.6 is 15.9 Å². The fourth-order valence-corrected chi connectivity index (χ4v) is 2.90. The highest BCUT2D eigenvalue weighted by molar-refractivity contribution is 9.10. The Kier molecular flexibility index (Phi) is 4.91. The van der Waals surface area contributed by atoms with Crippen molar-refractivity contribution in [2.24, 2.45) is 0 Å². The Labute approximate surface area is 144 Å². The maximum absolute atomic E-state index is 12.2. The fourth-order valence-electron chi connectivity index (χ4n) is 2.64. The number of nitrogens with one attached hydrogen (secondary N) is 1. The minimum Gasteiger partial charge on any atom is -0.346 e. The summed E-state index contributed by atoms with van der Waals surface area (Å²) in [4.78, 5) is 23.5. The summed E-state index contributed by atoms with van der Waals surface area (Å²) >= 11 is 3.37. The first-order valence-corrected chi connectivity index (χ1v) is 8.54. The van der Waals surface area contributed by atoms with Crippen LogP contribution in [0, 0.1) is 6.92 Å². The summed E-state index contributed by atoms with van der Waals surface area (Å²) in [7, 11) is 0. The summed E-state index contributed by atoms with van der Waals surface area (Å²) in [5, 5.41) is 2.92. The predicted octanol–water partition coefficient (Wildman–Crippen LogP) is 3.08. The second kappa shape index (κ2) is 7.08. The lowest BCUT2D eigenvalue weighted by Crippen LogP contribution is -2.25. The van der Waals surface area contributed by atoms with E-state index in [1.165, 1.54) is 12.8 Å². The molecule has 2 aromatic rings. The van der Waals surface area contributed by atoms with Crippen LogP contribution in [-0.2, 0) is 6.54 Å². The average Bonchev–Trinajstić information content (AvgIpc) is 3.07. The maximum Gasteiger partial charge on any atom is 0.251 e. The summed E-state index contributed by atoms with van der Waals surface area (Å²) < 4.78 is 0.954. The Hall–Kier alpha value is -1.95. The minimum atomic E-state index is -0.100. The lowest BCUT2D eigenvalue weighted by atomic mass is 10.2. The van der Waals surface area contributed by atoms with Crippen molar-refractivity contribution in [3.8, 4) is 0 Å². The molecule has 1 aromatic heterocycles. The van der Waals surface area contributed by atoms with Gasteiger partial charge in [0.1, 0.15) is 0 Å². The molecule has 0 unspecified atom stereocenters. The molecule has 0 atom stereocenters. The molecule has 6 heteroatoms. The molecule has 0 bridgehead atoms. The van der Waals surface area contributed by atoms with Crippen molar-refractivity contribution in [1.82, 2.24) is 15.3 Å². The van der Waals surface area contributed by atoms with Gasteiger partial charge in [0.15, 0.2) is 0 Å². The fraction of sp³-hybridized carbons (Fsp3) is 0.353. The third-order valence-electron chi connectivity index (χ3n) is 3.82. The van der Waals surface area contributed by atoms with Gasteiger partial charge in [-0.15, -0.1) is 0 Å². The summed E-state index contributed by atoms with van der Waals surface area (Å²) in [6, 6.07) is 9.21. The van der Waals surface area contributed by atoms with E-state index in [1.807, 2.05) is 25.1 Å². The zero-order valence-corrected chi connectivity index (χ0v) is 14.6. The largest absolute Gasteiger partial charge is 0.346 e. The predicted molar refractivity (Wildman–Crippen MR) is 93.5 cm³/mol. The van der Waals surface area contributed by atoms with Gasteiger partial charge in [-0.05, 0) is 50.1 Å². The summed E-state index contributed by atoms with van der Waals surface area (Å²) in [6.07, 6.45) is 2.37. The van der Waals surface area contributed by atoms with Gasteiger partial charge in [0.2, 0.25) is 5.95 Å². The first-order valence-electron chi connectivity index (χ1n) is 7.75. The molecule has 1 fully saturated rings. The molecule has 0 saturated carbocycles. The molecule has 0 radical (unpaired) electrons. The number of rotatable bonds is 4. The highest BCUT2D eigenvalue weighted by Gasteiger charge is 2.16. The Bertz CT molecular complexity index is 696. The highest BCUT2D eigenvalue weighted by Crippen LogP contribution is 2.17. The zero-order valence-electron chi connectivity index (χ0n) is 13.1. The van der Waals surface area contributed by atoms with Crippen molar-refractivity contribution < 1.29 is 4.79 Å². The second-order valence-electron chi connectivity index (χ2n) is 5.68. The number of hydrogen-bond donors (Lipinski definition) is 1. The van der Waals surface area contributed by atoms with Crippen molar-refractivity contribution in [3.63, 3.8) is 0 Å². The first-order chi connectivity index (χ1) is 11.1. The van der Waals surface area contributed by atoms with Crippen LogP contribution in [0.25, 0.3) is 0 Å². The van der Waals surface area contributed by atoms with E-state index in [9.17, 15) is 4.79 Å². The SMILES string of the molecule is Cc1cc(CNC(=O)c2ccc(Br)cc2)nc(N2CCCC2)n1. The standard InChI is InChI=1S/C17H19BrN4O/c1-12-10-15(21-17(20-12)22-8-2-3-9-22)11-19-16(23)13-4-6-14(18)7-5-13/h4-7,10H,2-3,8-9,11H2,1H3,(H,19,23). The molecule has 23 heavy (non-hydrogen) atoms. The zero-order chi connectivity index (χ0) is 16.2. The number of carbonyl (C=O) groups is 1. The number of benzene rings is 1. The van der Waals surface area contributed by atoms with E-state index >= 15 is 0 Å². The van der Waals surface area contributed by atoms with Gasteiger partial charge in [-0.25, -0.2) is 9.97 Å². The number of carbonyl (C=O) groups excluding carboxylic acids is 1. The number of amides is 1. The average molecular weight is 375 g/mol.